The van der Waals surface area contributed by atoms with Gasteiger partial charge in [0.15, 0.2) is 0 Å². The van der Waals surface area contributed by atoms with Crippen LogP contribution in [0.3, 0.4) is 0 Å². The minimum Gasteiger partial charge on any atom is -0.324 e. The van der Waals surface area contributed by atoms with Crippen LogP contribution >= 0.6 is 0 Å². The number of fused-ring (bicyclic) bond motifs is 1. The molecule has 96 valence electrons. The van der Waals surface area contributed by atoms with Crippen molar-refractivity contribution < 1.29 is 0 Å². The van der Waals surface area contributed by atoms with E-state index in [9.17, 15) is 0 Å². The third-order valence-corrected chi connectivity index (χ3v) is 3.20. The van der Waals surface area contributed by atoms with Gasteiger partial charge in [0.05, 0.1) is 17.6 Å². The van der Waals surface area contributed by atoms with Crippen LogP contribution in [0.4, 0.5) is 5.82 Å². The van der Waals surface area contributed by atoms with Crippen LogP contribution in [0.2, 0.25) is 0 Å². The quantitative estimate of drug-likeness (QED) is 0.554. The van der Waals surface area contributed by atoms with Gasteiger partial charge >= 0.3 is 0 Å². The molecule has 5 nitrogen and oxygen atoms in total. The fraction of sp³-hybridized carbons (Fsp3) is 0.143. The summed E-state index contributed by atoms with van der Waals surface area (Å²) in [6, 6.07) is 12.0. The summed E-state index contributed by atoms with van der Waals surface area (Å²) in [5.74, 6) is 7.17. The number of hydrogen-bond donors (Lipinski definition) is 2. The zero-order valence-corrected chi connectivity index (χ0v) is 10.7. The van der Waals surface area contributed by atoms with Gasteiger partial charge in [-0.3, -0.25) is 0 Å². The minimum absolute atomic E-state index is 0.694. The molecule has 0 aliphatic heterocycles. The summed E-state index contributed by atoms with van der Waals surface area (Å²) >= 11 is 0. The van der Waals surface area contributed by atoms with Gasteiger partial charge in [0, 0.05) is 11.8 Å². The number of nitrogen functional groups attached to an aromatic ring is 1. The topological polar surface area (TPSA) is 68.8 Å². The van der Waals surface area contributed by atoms with Crippen molar-refractivity contribution in [2.24, 2.45) is 5.84 Å². The lowest BCUT2D eigenvalue weighted by molar-refractivity contribution is 0.783. The van der Waals surface area contributed by atoms with E-state index < -0.39 is 0 Å². The van der Waals surface area contributed by atoms with E-state index in [2.05, 4.69) is 26.0 Å². The number of anilines is 1. The molecule has 0 saturated carbocycles. The van der Waals surface area contributed by atoms with Crippen LogP contribution in [-0.2, 0) is 6.54 Å². The van der Waals surface area contributed by atoms with E-state index in [1.807, 2.05) is 37.3 Å². The molecule has 2 aromatic heterocycles. The first-order chi connectivity index (χ1) is 9.29. The molecule has 19 heavy (non-hydrogen) atoms. The van der Waals surface area contributed by atoms with Crippen molar-refractivity contribution in [3.05, 3.63) is 54.0 Å². The van der Waals surface area contributed by atoms with Crippen molar-refractivity contribution in [2.45, 2.75) is 13.5 Å². The lowest BCUT2D eigenvalue weighted by Crippen LogP contribution is -2.13. The third kappa shape index (κ3) is 2.04. The van der Waals surface area contributed by atoms with E-state index >= 15 is 0 Å². The van der Waals surface area contributed by atoms with Gasteiger partial charge in [0.2, 0.25) is 0 Å². The first-order valence-electron chi connectivity index (χ1n) is 6.12. The molecule has 3 N–H and O–H groups in total. The normalized spacial score (nSPS) is 10.8. The SMILES string of the molecule is Cc1nc2ccccc2n1Cc1cccnc1NN. The van der Waals surface area contributed by atoms with Gasteiger partial charge in [-0.15, -0.1) is 0 Å². The van der Waals surface area contributed by atoms with Crippen LogP contribution in [0, 0.1) is 6.92 Å². The molecule has 0 atom stereocenters. The Hall–Kier alpha value is -2.40. The Labute approximate surface area is 111 Å². The molecule has 5 heteroatoms. The number of aromatic nitrogens is 3. The molecule has 0 fully saturated rings. The van der Waals surface area contributed by atoms with Gasteiger partial charge in [0.1, 0.15) is 11.6 Å². The standard InChI is InChI=1S/C14H15N5/c1-10-17-12-6-2-3-7-13(12)19(10)9-11-5-4-8-16-14(11)18-15/h2-8H,9,15H2,1H3,(H,16,18). The second-order valence-electron chi connectivity index (χ2n) is 4.39. The number of aryl methyl sites for hydroxylation is 1. The zero-order valence-electron chi connectivity index (χ0n) is 10.7. The number of para-hydroxylation sites is 2. The number of hydrogen-bond acceptors (Lipinski definition) is 4. The number of nitrogens with zero attached hydrogens (tertiary/aromatic N) is 3. The summed E-state index contributed by atoms with van der Waals surface area (Å²) in [5, 5.41) is 0. The Morgan fingerprint density at radius 1 is 1.21 bits per heavy atom. The van der Waals surface area contributed by atoms with Crippen molar-refractivity contribution in [3.63, 3.8) is 0 Å². The highest BCUT2D eigenvalue weighted by molar-refractivity contribution is 5.76. The predicted molar refractivity (Wildman–Crippen MR) is 75.6 cm³/mol. The fourth-order valence-corrected chi connectivity index (χ4v) is 2.26. The van der Waals surface area contributed by atoms with Crippen molar-refractivity contribution in [2.75, 3.05) is 5.43 Å². The molecule has 0 saturated heterocycles. The fourth-order valence-electron chi connectivity index (χ4n) is 2.26. The molecule has 0 amide bonds. The summed E-state index contributed by atoms with van der Waals surface area (Å²) in [6.07, 6.45) is 1.72. The first kappa shape index (κ1) is 11.7. The average Bonchev–Trinajstić information content (AvgIpc) is 2.76. The highest BCUT2D eigenvalue weighted by Crippen LogP contribution is 2.19. The van der Waals surface area contributed by atoms with Crippen LogP contribution in [0.5, 0.6) is 0 Å². The van der Waals surface area contributed by atoms with Gasteiger partial charge in [-0.05, 0) is 25.1 Å². The largest absolute Gasteiger partial charge is 0.324 e. The number of nitrogens with two attached hydrogens (primary N) is 1. The summed E-state index contributed by atoms with van der Waals surface area (Å²) in [7, 11) is 0. The van der Waals surface area contributed by atoms with Crippen molar-refractivity contribution >= 4 is 16.9 Å². The summed E-state index contributed by atoms with van der Waals surface area (Å²) < 4.78 is 2.16. The molecular formula is C14H15N5. The molecule has 0 bridgehead atoms. The molecule has 0 unspecified atom stereocenters. The highest BCUT2D eigenvalue weighted by Gasteiger charge is 2.09. The molecule has 0 spiro atoms. The van der Waals surface area contributed by atoms with Gasteiger partial charge < -0.3 is 9.99 Å². The van der Waals surface area contributed by atoms with Crippen LogP contribution in [0.1, 0.15) is 11.4 Å². The van der Waals surface area contributed by atoms with E-state index in [0.29, 0.717) is 12.4 Å². The maximum Gasteiger partial charge on any atom is 0.144 e. The monoisotopic (exact) mass is 253 g/mol. The summed E-state index contributed by atoms with van der Waals surface area (Å²) in [5.41, 5.74) is 5.79. The van der Waals surface area contributed by atoms with E-state index in [-0.39, 0.29) is 0 Å². The van der Waals surface area contributed by atoms with Crippen molar-refractivity contribution in [1.82, 2.24) is 14.5 Å². The lowest BCUT2D eigenvalue weighted by Gasteiger charge is -2.10. The van der Waals surface area contributed by atoms with E-state index in [4.69, 9.17) is 5.84 Å². The van der Waals surface area contributed by atoms with E-state index in [1.165, 1.54) is 0 Å². The second-order valence-corrected chi connectivity index (χ2v) is 4.39. The Morgan fingerprint density at radius 2 is 2.05 bits per heavy atom. The zero-order chi connectivity index (χ0) is 13.2. The van der Waals surface area contributed by atoms with Gasteiger partial charge in [0.25, 0.3) is 0 Å². The molecule has 0 aliphatic rings. The lowest BCUT2D eigenvalue weighted by atomic mass is 10.2. The molecule has 3 rings (SSSR count). The van der Waals surface area contributed by atoms with E-state index in [1.54, 1.807) is 6.20 Å². The van der Waals surface area contributed by atoms with Crippen molar-refractivity contribution in [3.8, 4) is 0 Å². The second kappa shape index (κ2) is 4.70. The van der Waals surface area contributed by atoms with Gasteiger partial charge in [-0.25, -0.2) is 15.8 Å². The summed E-state index contributed by atoms with van der Waals surface area (Å²) in [6.45, 7) is 2.70. The van der Waals surface area contributed by atoms with Gasteiger partial charge in [-0.2, -0.15) is 0 Å². The molecule has 2 heterocycles. The highest BCUT2D eigenvalue weighted by atomic mass is 15.3. The van der Waals surface area contributed by atoms with Crippen LogP contribution in [-0.4, -0.2) is 14.5 Å². The van der Waals surface area contributed by atoms with E-state index in [0.717, 1.165) is 22.4 Å². The van der Waals surface area contributed by atoms with Crippen LogP contribution < -0.4 is 11.3 Å². The van der Waals surface area contributed by atoms with Gasteiger partial charge in [-0.1, -0.05) is 18.2 Å². The minimum atomic E-state index is 0.694. The Morgan fingerprint density at radius 3 is 2.89 bits per heavy atom. The number of pyridine rings is 1. The number of rotatable bonds is 3. The van der Waals surface area contributed by atoms with Crippen molar-refractivity contribution in [1.29, 1.82) is 0 Å². The molecule has 0 radical (unpaired) electrons. The maximum absolute atomic E-state index is 5.49. The molecule has 3 aromatic rings. The predicted octanol–water partition coefficient (Wildman–Crippen LogP) is 2.07. The first-order valence-corrected chi connectivity index (χ1v) is 6.12. The number of benzene rings is 1. The third-order valence-electron chi connectivity index (χ3n) is 3.20. The maximum atomic E-state index is 5.49. The number of nitrogens with one attached hydrogen (secondary N) is 1. The van der Waals surface area contributed by atoms with Crippen LogP contribution in [0.15, 0.2) is 42.6 Å². The molecular weight excluding hydrogens is 238 g/mol. The molecule has 0 aliphatic carbocycles. The summed E-state index contributed by atoms with van der Waals surface area (Å²) in [4.78, 5) is 8.77. The molecule has 1 aromatic carbocycles. The number of imidazole rings is 1. The number of hydrazine groups is 1. The van der Waals surface area contributed by atoms with Crippen LogP contribution in [0.25, 0.3) is 11.0 Å². The Kier molecular flexibility index (Phi) is 2.89. The average molecular weight is 253 g/mol. The Bertz CT molecular complexity index is 717. The smallest absolute Gasteiger partial charge is 0.144 e. The Balaban J connectivity index is 2.08.